The number of pyridine rings is 1. The topological polar surface area (TPSA) is 62.8 Å². The van der Waals surface area contributed by atoms with Crippen molar-refractivity contribution >= 4 is 31.8 Å². The van der Waals surface area contributed by atoms with Crippen molar-refractivity contribution in [1.82, 2.24) is 9.97 Å². The number of nitrogens with zero attached hydrogens (tertiary/aromatic N) is 1. The highest BCUT2D eigenvalue weighted by molar-refractivity contribution is 7.90. The number of nitrogens with one attached hydrogen (secondary N) is 1. The predicted octanol–water partition coefficient (Wildman–Crippen LogP) is 3.69. The molecule has 0 bridgehead atoms. The van der Waals surface area contributed by atoms with E-state index in [1.165, 1.54) is 0 Å². The molecule has 0 unspecified atom stereocenters. The molecule has 5 heteroatoms. The van der Waals surface area contributed by atoms with Crippen LogP contribution in [0.4, 0.5) is 0 Å². The first kappa shape index (κ1) is 14.0. The summed E-state index contributed by atoms with van der Waals surface area (Å²) in [4.78, 5) is 8.04. The van der Waals surface area contributed by atoms with Crippen LogP contribution in [0.1, 0.15) is 5.69 Å². The summed E-state index contributed by atoms with van der Waals surface area (Å²) in [6.45, 7) is 0. The van der Waals surface area contributed by atoms with E-state index in [2.05, 4.69) is 9.97 Å². The smallest absolute Gasteiger partial charge is 0.184 e. The molecule has 2 aromatic heterocycles. The summed E-state index contributed by atoms with van der Waals surface area (Å²) in [6.07, 6.45) is 0. The van der Waals surface area contributed by atoms with Gasteiger partial charge < -0.3 is 4.98 Å². The first-order valence-electron chi connectivity index (χ1n) is 7.28. The van der Waals surface area contributed by atoms with Gasteiger partial charge in [-0.15, -0.1) is 0 Å². The van der Waals surface area contributed by atoms with Gasteiger partial charge in [0, 0.05) is 16.3 Å². The van der Waals surface area contributed by atoms with E-state index >= 15 is 0 Å². The molecule has 2 heterocycles. The van der Waals surface area contributed by atoms with Gasteiger partial charge in [0.2, 0.25) is 0 Å². The van der Waals surface area contributed by atoms with E-state index in [1.807, 2.05) is 30.3 Å². The van der Waals surface area contributed by atoms with Crippen LogP contribution in [-0.2, 0) is 15.6 Å². The zero-order valence-corrected chi connectivity index (χ0v) is 13.0. The minimum absolute atomic E-state index is 0.109. The Morgan fingerprint density at radius 3 is 2.39 bits per heavy atom. The van der Waals surface area contributed by atoms with Crippen LogP contribution in [0.5, 0.6) is 0 Å². The van der Waals surface area contributed by atoms with E-state index in [0.29, 0.717) is 16.2 Å². The summed E-state index contributed by atoms with van der Waals surface area (Å²) < 4.78 is 24.9. The lowest BCUT2D eigenvalue weighted by Crippen LogP contribution is -2.06. The number of hydrogen-bond donors (Lipinski definition) is 1. The second-order valence-corrected chi connectivity index (χ2v) is 7.43. The minimum atomic E-state index is -3.39. The highest BCUT2D eigenvalue weighted by atomic mass is 32.2. The lowest BCUT2D eigenvalue weighted by atomic mass is 10.2. The van der Waals surface area contributed by atoms with Crippen LogP contribution in [0.3, 0.4) is 0 Å². The fourth-order valence-electron chi connectivity index (χ4n) is 2.75. The average molecular weight is 322 g/mol. The first-order valence-corrected chi connectivity index (χ1v) is 8.93. The maximum Gasteiger partial charge on any atom is 0.184 e. The molecule has 0 atom stereocenters. The fourth-order valence-corrected chi connectivity index (χ4v) is 4.04. The third kappa shape index (κ3) is 2.49. The van der Waals surface area contributed by atoms with Crippen LogP contribution in [0.2, 0.25) is 0 Å². The molecule has 0 aliphatic carbocycles. The molecule has 0 aliphatic rings. The van der Waals surface area contributed by atoms with Crippen molar-refractivity contribution in [1.29, 1.82) is 0 Å². The molecule has 0 fully saturated rings. The van der Waals surface area contributed by atoms with Gasteiger partial charge in [0.1, 0.15) is 5.65 Å². The van der Waals surface area contributed by atoms with Crippen LogP contribution < -0.4 is 0 Å². The zero-order chi connectivity index (χ0) is 15.9. The summed E-state index contributed by atoms with van der Waals surface area (Å²) in [5.41, 5.74) is 2.25. The number of para-hydroxylation sites is 1. The largest absolute Gasteiger partial charge is 0.339 e. The molecule has 114 valence electrons. The third-order valence-corrected chi connectivity index (χ3v) is 5.53. The molecular weight excluding hydrogens is 308 g/mol. The van der Waals surface area contributed by atoms with E-state index in [0.717, 1.165) is 16.3 Å². The lowest BCUT2D eigenvalue weighted by Gasteiger charge is -2.04. The van der Waals surface area contributed by atoms with Gasteiger partial charge in [-0.3, -0.25) is 0 Å². The van der Waals surface area contributed by atoms with E-state index in [1.54, 1.807) is 36.4 Å². The van der Waals surface area contributed by atoms with Gasteiger partial charge in [0.05, 0.1) is 16.3 Å². The van der Waals surface area contributed by atoms with Gasteiger partial charge in [-0.2, -0.15) is 0 Å². The Labute approximate surface area is 133 Å². The highest BCUT2D eigenvalue weighted by Crippen LogP contribution is 2.25. The molecule has 4 aromatic rings. The van der Waals surface area contributed by atoms with Crippen molar-refractivity contribution < 1.29 is 8.42 Å². The summed E-state index contributed by atoms with van der Waals surface area (Å²) in [6, 6.07) is 20.1. The maximum absolute atomic E-state index is 12.5. The quantitative estimate of drug-likeness (QED) is 0.625. The monoisotopic (exact) mass is 322 g/mol. The highest BCUT2D eigenvalue weighted by Gasteiger charge is 2.16. The molecule has 4 rings (SSSR count). The van der Waals surface area contributed by atoms with Gasteiger partial charge in [-0.1, -0.05) is 36.4 Å². The second-order valence-electron chi connectivity index (χ2n) is 5.44. The Balaban J connectivity index is 1.77. The van der Waals surface area contributed by atoms with Crippen molar-refractivity contribution in [2.75, 3.05) is 0 Å². The lowest BCUT2D eigenvalue weighted by molar-refractivity contribution is 0.594. The zero-order valence-electron chi connectivity index (χ0n) is 12.2. The molecule has 0 radical (unpaired) electrons. The summed E-state index contributed by atoms with van der Waals surface area (Å²) in [5.74, 6) is -0.109. The summed E-state index contributed by atoms with van der Waals surface area (Å²) in [7, 11) is -3.39. The fraction of sp³-hybridized carbons (Fsp3) is 0.0556. The molecule has 4 nitrogen and oxygen atoms in total. The van der Waals surface area contributed by atoms with E-state index < -0.39 is 9.84 Å². The first-order chi connectivity index (χ1) is 11.1. The Morgan fingerprint density at radius 2 is 1.57 bits per heavy atom. The van der Waals surface area contributed by atoms with Crippen molar-refractivity contribution in [2.45, 2.75) is 10.6 Å². The van der Waals surface area contributed by atoms with Gasteiger partial charge in [0.15, 0.2) is 9.84 Å². The molecule has 1 N–H and O–H groups in total. The maximum atomic E-state index is 12.5. The molecule has 0 amide bonds. The van der Waals surface area contributed by atoms with Crippen molar-refractivity contribution in [3.05, 3.63) is 72.4 Å². The van der Waals surface area contributed by atoms with Crippen LogP contribution in [0.15, 0.2) is 71.6 Å². The molecule has 0 spiro atoms. The second kappa shape index (κ2) is 5.21. The van der Waals surface area contributed by atoms with Crippen molar-refractivity contribution in [3.8, 4) is 0 Å². The number of aromatic nitrogens is 2. The van der Waals surface area contributed by atoms with Crippen LogP contribution in [0.25, 0.3) is 21.9 Å². The SMILES string of the molecule is O=S(=O)(Cc1ccc2c(n1)[nH]c1ccccc12)c1ccccc1. The van der Waals surface area contributed by atoms with Crippen molar-refractivity contribution in [2.24, 2.45) is 0 Å². The Bertz CT molecular complexity index is 1100. The number of aromatic amines is 1. The van der Waals surface area contributed by atoms with E-state index in [9.17, 15) is 8.42 Å². The van der Waals surface area contributed by atoms with Crippen molar-refractivity contribution in [3.63, 3.8) is 0 Å². The van der Waals surface area contributed by atoms with Crippen LogP contribution in [-0.4, -0.2) is 18.4 Å². The predicted molar refractivity (Wildman–Crippen MR) is 90.9 cm³/mol. The van der Waals surface area contributed by atoms with E-state index in [-0.39, 0.29) is 5.75 Å². The van der Waals surface area contributed by atoms with Gasteiger partial charge in [0.25, 0.3) is 0 Å². The molecular formula is C18H14N2O2S. The number of benzene rings is 2. The summed E-state index contributed by atoms with van der Waals surface area (Å²) in [5, 5.41) is 2.09. The average Bonchev–Trinajstić information content (AvgIpc) is 2.93. The van der Waals surface area contributed by atoms with Crippen LogP contribution in [0, 0.1) is 0 Å². The molecule has 0 aliphatic heterocycles. The summed E-state index contributed by atoms with van der Waals surface area (Å²) >= 11 is 0. The molecule has 23 heavy (non-hydrogen) atoms. The Hall–Kier alpha value is -2.66. The third-order valence-electron chi connectivity index (χ3n) is 3.86. The van der Waals surface area contributed by atoms with Gasteiger partial charge >= 0.3 is 0 Å². The van der Waals surface area contributed by atoms with Gasteiger partial charge in [-0.05, 0) is 30.3 Å². The molecule has 0 saturated heterocycles. The van der Waals surface area contributed by atoms with Crippen LogP contribution >= 0.6 is 0 Å². The standard InChI is InChI=1S/C18H14N2O2S/c21-23(22,14-6-2-1-3-7-14)12-13-10-11-16-15-8-4-5-9-17(15)20-18(16)19-13/h1-11H,12H2,(H,19,20). The number of rotatable bonds is 3. The Kier molecular flexibility index (Phi) is 3.16. The molecule has 2 aromatic carbocycles. The number of fused-ring (bicyclic) bond motifs is 3. The van der Waals surface area contributed by atoms with Gasteiger partial charge in [-0.25, -0.2) is 13.4 Å². The Morgan fingerprint density at radius 1 is 0.826 bits per heavy atom. The van der Waals surface area contributed by atoms with E-state index in [4.69, 9.17) is 0 Å². The molecule has 0 saturated carbocycles. The number of sulfone groups is 1. The minimum Gasteiger partial charge on any atom is -0.339 e. The normalized spacial score (nSPS) is 12.0. The number of H-pyrrole nitrogens is 1. The number of hydrogen-bond acceptors (Lipinski definition) is 3.